The van der Waals surface area contributed by atoms with E-state index >= 15 is 0 Å². The van der Waals surface area contributed by atoms with Gasteiger partial charge in [0.15, 0.2) is 0 Å². The molecule has 1 aliphatic rings. The summed E-state index contributed by atoms with van der Waals surface area (Å²) in [5.74, 6) is 0.191. The van der Waals surface area contributed by atoms with Crippen molar-refractivity contribution in [3.05, 3.63) is 35.9 Å². The zero-order valence-electron chi connectivity index (χ0n) is 12.9. The highest BCUT2D eigenvalue weighted by atomic mass is 16.2. The minimum Gasteiger partial charge on any atom is -0.343 e. The van der Waals surface area contributed by atoms with Gasteiger partial charge in [0, 0.05) is 19.6 Å². The fraction of sp³-hybridized carbons (Fsp3) is 0.588. The van der Waals surface area contributed by atoms with Crippen LogP contribution >= 0.6 is 0 Å². The third-order valence-corrected chi connectivity index (χ3v) is 4.28. The predicted octanol–water partition coefficient (Wildman–Crippen LogP) is 2.56. The first-order chi connectivity index (χ1) is 9.51. The summed E-state index contributed by atoms with van der Waals surface area (Å²) in [6, 6.07) is 10.5. The molecule has 3 heteroatoms. The molecular formula is C17H26N2O. The van der Waals surface area contributed by atoms with Gasteiger partial charge in [0.2, 0.25) is 5.91 Å². The average Bonchev–Trinajstić information content (AvgIpc) is 2.48. The van der Waals surface area contributed by atoms with Crippen molar-refractivity contribution in [2.75, 3.05) is 20.1 Å². The number of hydrogen-bond donors (Lipinski definition) is 1. The largest absolute Gasteiger partial charge is 0.343 e. The number of hydrogen-bond acceptors (Lipinski definition) is 2. The summed E-state index contributed by atoms with van der Waals surface area (Å²) < 4.78 is 0. The molecule has 1 amide bonds. The highest BCUT2D eigenvalue weighted by Gasteiger charge is 2.33. The lowest BCUT2D eigenvalue weighted by Gasteiger charge is -2.33. The van der Waals surface area contributed by atoms with Gasteiger partial charge in [0.05, 0.1) is 5.41 Å². The number of nitrogens with zero attached hydrogens (tertiary/aromatic N) is 1. The van der Waals surface area contributed by atoms with Crippen molar-refractivity contribution in [2.24, 2.45) is 0 Å². The molecule has 1 aromatic carbocycles. The van der Waals surface area contributed by atoms with Crippen molar-refractivity contribution in [3.8, 4) is 0 Å². The lowest BCUT2D eigenvalue weighted by atomic mass is 9.83. The van der Waals surface area contributed by atoms with Crippen LogP contribution in [0.2, 0.25) is 0 Å². The van der Waals surface area contributed by atoms with Crippen molar-refractivity contribution < 1.29 is 4.79 Å². The summed E-state index contributed by atoms with van der Waals surface area (Å²) in [5.41, 5.74) is 0.610. The molecule has 0 bridgehead atoms. The van der Waals surface area contributed by atoms with Gasteiger partial charge in [-0.15, -0.1) is 0 Å². The van der Waals surface area contributed by atoms with E-state index in [0.29, 0.717) is 6.04 Å². The Bertz CT molecular complexity index is 436. The Kier molecular flexibility index (Phi) is 4.81. The monoisotopic (exact) mass is 274 g/mol. The van der Waals surface area contributed by atoms with E-state index in [9.17, 15) is 4.79 Å². The highest BCUT2D eigenvalue weighted by molar-refractivity contribution is 5.87. The molecule has 1 unspecified atom stereocenters. The van der Waals surface area contributed by atoms with E-state index in [1.165, 1.54) is 19.3 Å². The van der Waals surface area contributed by atoms with Crippen LogP contribution in [0.3, 0.4) is 0 Å². The smallest absolute Gasteiger partial charge is 0.232 e. The quantitative estimate of drug-likeness (QED) is 0.915. The van der Waals surface area contributed by atoms with Gasteiger partial charge in [-0.25, -0.2) is 0 Å². The van der Waals surface area contributed by atoms with Gasteiger partial charge in [-0.05, 0) is 38.8 Å². The zero-order chi connectivity index (χ0) is 14.6. The average molecular weight is 274 g/mol. The first-order valence-electron chi connectivity index (χ1n) is 7.56. The second-order valence-corrected chi connectivity index (χ2v) is 6.32. The molecule has 1 saturated heterocycles. The Morgan fingerprint density at radius 3 is 2.60 bits per heavy atom. The fourth-order valence-electron chi connectivity index (χ4n) is 2.95. The van der Waals surface area contributed by atoms with Crippen LogP contribution in [-0.2, 0) is 10.2 Å². The van der Waals surface area contributed by atoms with Crippen molar-refractivity contribution in [2.45, 2.75) is 44.6 Å². The molecule has 0 radical (unpaired) electrons. The Labute approximate surface area is 122 Å². The molecule has 1 heterocycles. The van der Waals surface area contributed by atoms with Gasteiger partial charge >= 0.3 is 0 Å². The van der Waals surface area contributed by atoms with Crippen LogP contribution < -0.4 is 5.32 Å². The topological polar surface area (TPSA) is 32.3 Å². The Hall–Kier alpha value is -1.35. The number of amides is 1. The molecule has 20 heavy (non-hydrogen) atoms. The Balaban J connectivity index is 2.01. The van der Waals surface area contributed by atoms with Gasteiger partial charge < -0.3 is 10.2 Å². The summed E-state index contributed by atoms with van der Waals surface area (Å²) in [7, 11) is 1.92. The van der Waals surface area contributed by atoms with Gasteiger partial charge in [-0.2, -0.15) is 0 Å². The summed E-state index contributed by atoms with van der Waals surface area (Å²) in [6.45, 7) is 5.90. The normalized spacial score (nSPS) is 19.6. The SMILES string of the molecule is CN(CC1CCCCN1)C(=O)C(C)(C)c1ccccc1. The highest BCUT2D eigenvalue weighted by Crippen LogP contribution is 2.25. The number of rotatable bonds is 4. The van der Waals surface area contributed by atoms with E-state index in [4.69, 9.17) is 0 Å². The van der Waals surface area contributed by atoms with Crippen LogP contribution in [0.25, 0.3) is 0 Å². The molecule has 3 nitrogen and oxygen atoms in total. The lowest BCUT2D eigenvalue weighted by Crippen LogP contribution is -2.48. The summed E-state index contributed by atoms with van der Waals surface area (Å²) in [4.78, 5) is 14.6. The summed E-state index contributed by atoms with van der Waals surface area (Å²) in [6.07, 6.45) is 3.69. The number of carbonyl (C=O) groups is 1. The molecule has 1 fully saturated rings. The standard InChI is InChI=1S/C17H26N2O/c1-17(2,14-9-5-4-6-10-14)16(20)19(3)13-15-11-7-8-12-18-15/h4-6,9-10,15,18H,7-8,11-13H2,1-3H3. The van der Waals surface area contributed by atoms with Crippen LogP contribution in [0, 0.1) is 0 Å². The van der Waals surface area contributed by atoms with Gasteiger partial charge in [0.25, 0.3) is 0 Å². The van der Waals surface area contributed by atoms with Crippen LogP contribution in [0.4, 0.5) is 0 Å². The first-order valence-corrected chi connectivity index (χ1v) is 7.56. The van der Waals surface area contributed by atoms with E-state index in [0.717, 1.165) is 18.7 Å². The minimum atomic E-state index is -0.468. The van der Waals surface area contributed by atoms with Crippen LogP contribution in [0.15, 0.2) is 30.3 Å². The molecule has 110 valence electrons. The Morgan fingerprint density at radius 1 is 1.30 bits per heavy atom. The second kappa shape index (κ2) is 6.40. The van der Waals surface area contributed by atoms with Crippen LogP contribution in [0.5, 0.6) is 0 Å². The number of carbonyl (C=O) groups excluding carboxylic acids is 1. The number of benzene rings is 1. The van der Waals surface area contributed by atoms with Crippen molar-refractivity contribution in [1.29, 1.82) is 0 Å². The summed E-state index contributed by atoms with van der Waals surface area (Å²) in [5, 5.41) is 3.50. The third-order valence-electron chi connectivity index (χ3n) is 4.28. The number of nitrogens with one attached hydrogen (secondary N) is 1. The molecule has 1 N–H and O–H groups in total. The first kappa shape index (κ1) is 15.0. The molecule has 1 aromatic rings. The van der Waals surface area contributed by atoms with Gasteiger partial charge in [-0.1, -0.05) is 36.8 Å². The second-order valence-electron chi connectivity index (χ2n) is 6.32. The predicted molar refractivity (Wildman–Crippen MR) is 82.7 cm³/mol. The third kappa shape index (κ3) is 3.40. The molecule has 1 aliphatic heterocycles. The maximum atomic E-state index is 12.7. The van der Waals surface area contributed by atoms with E-state index in [2.05, 4.69) is 5.32 Å². The fourth-order valence-corrected chi connectivity index (χ4v) is 2.95. The molecule has 0 saturated carbocycles. The molecular weight excluding hydrogens is 248 g/mol. The maximum Gasteiger partial charge on any atom is 0.232 e. The van der Waals surface area contributed by atoms with Crippen molar-refractivity contribution in [3.63, 3.8) is 0 Å². The molecule has 2 rings (SSSR count). The lowest BCUT2D eigenvalue weighted by molar-refractivity contribution is -0.135. The van der Waals surface area contributed by atoms with E-state index in [1.54, 1.807) is 0 Å². The molecule has 0 spiro atoms. The van der Waals surface area contributed by atoms with Gasteiger partial charge in [0.1, 0.15) is 0 Å². The van der Waals surface area contributed by atoms with E-state index < -0.39 is 5.41 Å². The molecule has 0 aromatic heterocycles. The van der Waals surface area contributed by atoms with Crippen LogP contribution in [-0.4, -0.2) is 37.0 Å². The van der Waals surface area contributed by atoms with E-state index in [1.807, 2.05) is 56.1 Å². The van der Waals surface area contributed by atoms with Crippen molar-refractivity contribution >= 4 is 5.91 Å². The Morgan fingerprint density at radius 2 is 2.00 bits per heavy atom. The van der Waals surface area contributed by atoms with Crippen molar-refractivity contribution in [1.82, 2.24) is 10.2 Å². The minimum absolute atomic E-state index is 0.191. The van der Waals surface area contributed by atoms with Gasteiger partial charge in [-0.3, -0.25) is 4.79 Å². The van der Waals surface area contributed by atoms with Crippen LogP contribution in [0.1, 0.15) is 38.7 Å². The maximum absolute atomic E-state index is 12.7. The number of likely N-dealkylation sites (N-methyl/N-ethyl adjacent to an activating group) is 1. The van der Waals surface area contributed by atoms with E-state index in [-0.39, 0.29) is 5.91 Å². The molecule has 1 atom stereocenters. The molecule has 0 aliphatic carbocycles. The number of piperidine rings is 1. The zero-order valence-corrected chi connectivity index (χ0v) is 12.9. The summed E-state index contributed by atoms with van der Waals surface area (Å²) >= 11 is 0.